The highest BCUT2D eigenvalue weighted by Crippen LogP contribution is 2.25. The minimum atomic E-state index is -0.725. The van der Waals surface area contributed by atoms with Crippen molar-refractivity contribution in [2.24, 2.45) is 11.0 Å². The molecule has 31 heavy (non-hydrogen) atoms. The minimum Gasteiger partial charge on any atom is -0.343 e. The molecule has 6 heteroatoms. The molecule has 0 saturated heterocycles. The Labute approximate surface area is 182 Å². The van der Waals surface area contributed by atoms with E-state index in [9.17, 15) is 9.59 Å². The number of amides is 2. The second kappa shape index (κ2) is 10.8. The fraction of sp³-hybridized carbons (Fsp3) is 0.200. The van der Waals surface area contributed by atoms with Crippen molar-refractivity contribution in [1.29, 1.82) is 0 Å². The van der Waals surface area contributed by atoms with Crippen molar-refractivity contribution in [3.8, 4) is 0 Å². The zero-order valence-electron chi connectivity index (χ0n) is 17.6. The Morgan fingerprint density at radius 3 is 1.90 bits per heavy atom. The predicted octanol–water partition coefficient (Wildman–Crippen LogP) is 3.50. The van der Waals surface area contributed by atoms with Gasteiger partial charge < -0.3 is 5.32 Å². The van der Waals surface area contributed by atoms with Gasteiger partial charge in [-0.1, -0.05) is 74.5 Å². The van der Waals surface area contributed by atoms with Crippen LogP contribution in [-0.4, -0.2) is 29.1 Å². The Hall–Kier alpha value is -3.80. The summed E-state index contributed by atoms with van der Waals surface area (Å²) in [7, 11) is 0. The molecule has 0 spiro atoms. The molecular formula is C25H26N4O2. The number of benzene rings is 2. The highest BCUT2D eigenvalue weighted by atomic mass is 16.2. The number of pyridine rings is 1. The highest BCUT2D eigenvalue weighted by molar-refractivity contribution is 5.93. The van der Waals surface area contributed by atoms with E-state index in [-0.39, 0.29) is 17.7 Å². The van der Waals surface area contributed by atoms with E-state index < -0.39 is 12.0 Å². The number of hydrogen-bond donors (Lipinski definition) is 2. The molecule has 1 atom stereocenters. The fourth-order valence-electron chi connectivity index (χ4n) is 3.25. The Balaban J connectivity index is 1.76. The zero-order chi connectivity index (χ0) is 22.1. The largest absolute Gasteiger partial charge is 0.343 e. The topological polar surface area (TPSA) is 83.5 Å². The second-order valence-corrected chi connectivity index (χ2v) is 7.50. The molecule has 2 N–H and O–H groups in total. The van der Waals surface area contributed by atoms with Crippen molar-refractivity contribution >= 4 is 18.0 Å². The van der Waals surface area contributed by atoms with Crippen LogP contribution in [0.3, 0.4) is 0 Å². The smallest absolute Gasteiger partial charge is 0.262 e. The summed E-state index contributed by atoms with van der Waals surface area (Å²) < 4.78 is 0. The van der Waals surface area contributed by atoms with Crippen LogP contribution in [0.25, 0.3) is 0 Å². The molecule has 158 valence electrons. The van der Waals surface area contributed by atoms with Gasteiger partial charge in [-0.2, -0.15) is 5.10 Å². The van der Waals surface area contributed by atoms with Gasteiger partial charge in [-0.05, 0) is 34.7 Å². The van der Waals surface area contributed by atoms with Crippen molar-refractivity contribution < 1.29 is 9.59 Å². The van der Waals surface area contributed by atoms with Crippen LogP contribution in [0.1, 0.15) is 36.5 Å². The maximum absolute atomic E-state index is 13.3. The molecule has 0 aliphatic rings. The van der Waals surface area contributed by atoms with Gasteiger partial charge in [0.25, 0.3) is 5.91 Å². The quantitative estimate of drug-likeness (QED) is 0.437. The van der Waals surface area contributed by atoms with Crippen LogP contribution >= 0.6 is 0 Å². The van der Waals surface area contributed by atoms with Crippen molar-refractivity contribution in [3.63, 3.8) is 0 Å². The Bertz CT molecular complexity index is 966. The number of carbonyl (C=O) groups excluding carboxylic acids is 2. The Kier molecular flexibility index (Phi) is 7.65. The van der Waals surface area contributed by atoms with Gasteiger partial charge in [0.05, 0.1) is 12.1 Å². The number of rotatable bonds is 8. The van der Waals surface area contributed by atoms with Gasteiger partial charge in [-0.15, -0.1) is 0 Å². The maximum Gasteiger partial charge on any atom is 0.262 e. The van der Waals surface area contributed by atoms with Crippen LogP contribution in [-0.2, 0) is 9.59 Å². The number of hydrogen-bond acceptors (Lipinski definition) is 4. The van der Waals surface area contributed by atoms with E-state index in [1.165, 1.54) is 6.21 Å². The maximum atomic E-state index is 13.3. The molecular weight excluding hydrogens is 388 g/mol. The van der Waals surface area contributed by atoms with Gasteiger partial charge in [0.1, 0.15) is 6.04 Å². The molecule has 1 aromatic heterocycles. The third-order valence-electron chi connectivity index (χ3n) is 4.87. The van der Waals surface area contributed by atoms with Gasteiger partial charge in [0, 0.05) is 12.4 Å². The van der Waals surface area contributed by atoms with Gasteiger partial charge >= 0.3 is 0 Å². The zero-order valence-corrected chi connectivity index (χ0v) is 17.6. The fourth-order valence-corrected chi connectivity index (χ4v) is 3.25. The van der Waals surface area contributed by atoms with E-state index >= 15 is 0 Å². The molecule has 0 saturated carbocycles. The third kappa shape index (κ3) is 6.09. The van der Waals surface area contributed by atoms with Crippen molar-refractivity contribution in [3.05, 3.63) is 102 Å². The Morgan fingerprint density at radius 2 is 1.39 bits per heavy atom. The monoisotopic (exact) mass is 414 g/mol. The normalized spacial score (nSPS) is 12.1. The third-order valence-corrected chi connectivity index (χ3v) is 4.87. The summed E-state index contributed by atoms with van der Waals surface area (Å²) in [5.74, 6) is -1.23. The Morgan fingerprint density at radius 1 is 0.839 bits per heavy atom. The lowest BCUT2D eigenvalue weighted by molar-refractivity contribution is -0.130. The molecule has 3 aromatic rings. The molecule has 0 unspecified atom stereocenters. The molecule has 2 amide bonds. The van der Waals surface area contributed by atoms with E-state index in [0.717, 1.165) is 16.7 Å². The van der Waals surface area contributed by atoms with Crippen LogP contribution in [0.2, 0.25) is 0 Å². The first-order chi connectivity index (χ1) is 15.1. The molecule has 2 aromatic carbocycles. The SMILES string of the molecule is CC(C)[C@@H](NC(=O)C(c1ccccc1)c1ccccc1)C(=O)N/N=C\c1ccncc1. The van der Waals surface area contributed by atoms with Crippen molar-refractivity contribution in [1.82, 2.24) is 15.7 Å². The van der Waals surface area contributed by atoms with Gasteiger partial charge in [0.2, 0.25) is 5.91 Å². The van der Waals surface area contributed by atoms with E-state index in [2.05, 4.69) is 20.8 Å². The average Bonchev–Trinajstić information content (AvgIpc) is 2.79. The van der Waals surface area contributed by atoms with E-state index in [4.69, 9.17) is 0 Å². The minimum absolute atomic E-state index is 0.118. The summed E-state index contributed by atoms with van der Waals surface area (Å²) in [6.07, 6.45) is 4.83. The standard InChI is InChI=1S/C25H26N4O2/c1-18(2)23(25(31)29-27-17-19-13-15-26-16-14-19)28-24(30)22(20-9-5-3-6-10-20)21-11-7-4-8-12-21/h3-18,22-23H,1-2H3,(H,28,30)(H,29,31)/b27-17-/t23-/m1/s1. The van der Waals surface area contributed by atoms with Gasteiger partial charge in [-0.3, -0.25) is 14.6 Å². The first kappa shape index (κ1) is 21.9. The van der Waals surface area contributed by atoms with E-state index in [1.807, 2.05) is 74.5 Å². The number of nitrogens with one attached hydrogen (secondary N) is 2. The second-order valence-electron chi connectivity index (χ2n) is 7.50. The highest BCUT2D eigenvalue weighted by Gasteiger charge is 2.29. The van der Waals surface area contributed by atoms with Crippen LogP contribution in [0.4, 0.5) is 0 Å². The van der Waals surface area contributed by atoms with Gasteiger partial charge in [-0.25, -0.2) is 5.43 Å². The van der Waals surface area contributed by atoms with E-state index in [0.29, 0.717) is 0 Å². The molecule has 6 nitrogen and oxygen atoms in total. The lowest BCUT2D eigenvalue weighted by atomic mass is 9.89. The summed E-state index contributed by atoms with van der Waals surface area (Å²) in [4.78, 5) is 30.0. The molecule has 0 bridgehead atoms. The molecule has 0 aliphatic heterocycles. The van der Waals surface area contributed by atoms with Crippen molar-refractivity contribution in [2.45, 2.75) is 25.8 Å². The summed E-state index contributed by atoms with van der Waals surface area (Å²) in [6, 6.07) is 21.9. The summed E-state index contributed by atoms with van der Waals surface area (Å²) in [5, 5.41) is 6.94. The summed E-state index contributed by atoms with van der Waals surface area (Å²) in [5.41, 5.74) is 5.08. The molecule has 0 fully saturated rings. The number of aromatic nitrogens is 1. The molecule has 3 rings (SSSR count). The predicted molar refractivity (Wildman–Crippen MR) is 121 cm³/mol. The van der Waals surface area contributed by atoms with Crippen LogP contribution in [0.5, 0.6) is 0 Å². The number of nitrogens with zero attached hydrogens (tertiary/aromatic N) is 2. The summed E-state index contributed by atoms with van der Waals surface area (Å²) >= 11 is 0. The molecule has 0 radical (unpaired) electrons. The van der Waals surface area contributed by atoms with Gasteiger partial charge in [0.15, 0.2) is 0 Å². The van der Waals surface area contributed by atoms with Crippen LogP contribution in [0, 0.1) is 5.92 Å². The van der Waals surface area contributed by atoms with Crippen LogP contribution < -0.4 is 10.7 Å². The van der Waals surface area contributed by atoms with Crippen molar-refractivity contribution in [2.75, 3.05) is 0 Å². The van der Waals surface area contributed by atoms with E-state index in [1.54, 1.807) is 24.5 Å². The number of hydrazone groups is 1. The lowest BCUT2D eigenvalue weighted by Gasteiger charge is -2.24. The first-order valence-corrected chi connectivity index (χ1v) is 10.2. The first-order valence-electron chi connectivity index (χ1n) is 10.2. The average molecular weight is 415 g/mol. The molecule has 0 aliphatic carbocycles. The lowest BCUT2D eigenvalue weighted by Crippen LogP contribution is -2.50. The van der Waals surface area contributed by atoms with Crippen LogP contribution in [0.15, 0.2) is 90.3 Å². The summed E-state index contributed by atoms with van der Waals surface area (Å²) in [6.45, 7) is 3.77. The number of carbonyl (C=O) groups is 2. The molecule has 1 heterocycles.